The van der Waals surface area contributed by atoms with Crippen LogP contribution in [0.4, 0.5) is 5.69 Å². The van der Waals surface area contributed by atoms with E-state index in [-0.39, 0.29) is 17.7 Å². The van der Waals surface area contributed by atoms with Crippen molar-refractivity contribution >= 4 is 40.9 Å². The number of carbonyl (C=O) groups excluding carboxylic acids is 2. The van der Waals surface area contributed by atoms with Crippen molar-refractivity contribution in [1.82, 2.24) is 4.90 Å². The van der Waals surface area contributed by atoms with E-state index in [2.05, 4.69) is 6.07 Å². The highest BCUT2D eigenvalue weighted by molar-refractivity contribution is 8.01. The fraction of sp³-hybridized carbons (Fsp3) is 0.391. The van der Waals surface area contributed by atoms with Crippen molar-refractivity contribution in [1.29, 1.82) is 0 Å². The summed E-state index contributed by atoms with van der Waals surface area (Å²) in [6.45, 7) is 7.15. The first kappa shape index (κ1) is 20.3. The monoisotopic (exact) mass is 428 g/mol. The fourth-order valence-electron chi connectivity index (χ4n) is 4.25. The number of amides is 2. The topological polar surface area (TPSA) is 40.6 Å². The third kappa shape index (κ3) is 3.44. The van der Waals surface area contributed by atoms with E-state index in [1.807, 2.05) is 62.1 Å². The third-order valence-electron chi connectivity index (χ3n) is 5.46. The van der Waals surface area contributed by atoms with Crippen molar-refractivity contribution in [3.8, 4) is 0 Å². The molecule has 2 aliphatic heterocycles. The van der Waals surface area contributed by atoms with Gasteiger partial charge in [-0.1, -0.05) is 55.3 Å². The van der Waals surface area contributed by atoms with Crippen LogP contribution in [0.1, 0.15) is 37.0 Å². The minimum Gasteiger partial charge on any atom is -0.315 e. The van der Waals surface area contributed by atoms with Crippen molar-refractivity contribution < 1.29 is 9.59 Å². The van der Waals surface area contributed by atoms with Crippen LogP contribution in [0.2, 0.25) is 5.02 Å². The highest BCUT2D eigenvalue weighted by Gasteiger charge is 2.59. The Bertz CT molecular complexity index is 977. The van der Waals surface area contributed by atoms with Gasteiger partial charge in [0.1, 0.15) is 0 Å². The number of rotatable bonds is 4. The number of carbonyl (C=O) groups is 2. The summed E-state index contributed by atoms with van der Waals surface area (Å²) in [5.74, 6) is 0.959. The van der Waals surface area contributed by atoms with Crippen LogP contribution in [-0.2, 0) is 21.0 Å². The molecular weight excluding hydrogens is 404 g/mol. The molecule has 0 aliphatic carbocycles. The van der Waals surface area contributed by atoms with Crippen LogP contribution in [0.25, 0.3) is 0 Å². The highest BCUT2D eigenvalue weighted by Crippen LogP contribution is 2.55. The quantitative estimate of drug-likeness (QED) is 0.690. The molecule has 1 fully saturated rings. The van der Waals surface area contributed by atoms with Gasteiger partial charge in [-0.25, -0.2) is 0 Å². The number of hydrogen-bond donors (Lipinski definition) is 0. The predicted molar refractivity (Wildman–Crippen MR) is 119 cm³/mol. The van der Waals surface area contributed by atoms with E-state index in [4.69, 9.17) is 11.6 Å². The van der Waals surface area contributed by atoms with E-state index >= 15 is 0 Å². The molecule has 6 heteroatoms. The first-order valence-electron chi connectivity index (χ1n) is 9.95. The van der Waals surface area contributed by atoms with Crippen molar-refractivity contribution in [2.24, 2.45) is 5.92 Å². The molecule has 2 aromatic carbocycles. The van der Waals surface area contributed by atoms with Gasteiger partial charge in [-0.15, -0.1) is 11.8 Å². The summed E-state index contributed by atoms with van der Waals surface area (Å²) in [4.78, 5) is 29.5. The molecule has 2 amide bonds. The molecule has 4 nitrogen and oxygen atoms in total. The summed E-state index contributed by atoms with van der Waals surface area (Å²) in [6, 6.07) is 13.8. The van der Waals surface area contributed by atoms with E-state index in [0.29, 0.717) is 24.5 Å². The maximum atomic E-state index is 13.9. The SMILES string of the molecule is Cc1cccc(CN2C(=O)C3(SCCN3C(=O)CC(C)C)c3cc(Cl)ccc32)c1. The summed E-state index contributed by atoms with van der Waals surface area (Å²) in [6.07, 6.45) is 0.434. The molecule has 0 bridgehead atoms. The van der Waals surface area contributed by atoms with Gasteiger partial charge in [0.2, 0.25) is 5.91 Å². The number of hydrogen-bond acceptors (Lipinski definition) is 3. The fourth-order valence-corrected chi connectivity index (χ4v) is 5.90. The summed E-state index contributed by atoms with van der Waals surface area (Å²) in [5, 5.41) is 0.581. The second-order valence-electron chi connectivity index (χ2n) is 8.18. The van der Waals surface area contributed by atoms with E-state index in [0.717, 1.165) is 28.1 Å². The van der Waals surface area contributed by atoms with Gasteiger partial charge in [-0.2, -0.15) is 0 Å². The normalized spacial score (nSPS) is 20.8. The second kappa shape index (κ2) is 7.69. The van der Waals surface area contributed by atoms with Gasteiger partial charge in [0.15, 0.2) is 4.87 Å². The van der Waals surface area contributed by atoms with E-state index in [1.54, 1.807) is 16.7 Å². The lowest BCUT2D eigenvalue weighted by Gasteiger charge is -2.33. The zero-order valence-electron chi connectivity index (χ0n) is 16.9. The van der Waals surface area contributed by atoms with Crippen LogP contribution in [0, 0.1) is 12.8 Å². The lowest BCUT2D eigenvalue weighted by molar-refractivity contribution is -0.140. The Morgan fingerprint density at radius 3 is 2.76 bits per heavy atom. The molecule has 2 aromatic rings. The largest absolute Gasteiger partial charge is 0.315 e. The molecule has 0 radical (unpaired) electrons. The number of thioether (sulfide) groups is 1. The van der Waals surface area contributed by atoms with Crippen molar-refractivity contribution in [2.75, 3.05) is 17.2 Å². The minimum absolute atomic E-state index is 0.0293. The van der Waals surface area contributed by atoms with Crippen LogP contribution >= 0.6 is 23.4 Å². The number of halogens is 1. The van der Waals surface area contributed by atoms with Crippen molar-refractivity contribution in [2.45, 2.75) is 38.6 Å². The molecule has 0 saturated carbocycles. The zero-order chi connectivity index (χ0) is 20.8. The first-order chi connectivity index (χ1) is 13.8. The van der Waals surface area contributed by atoms with Crippen molar-refractivity contribution in [3.63, 3.8) is 0 Å². The van der Waals surface area contributed by atoms with Gasteiger partial charge in [-0.05, 0) is 36.6 Å². The first-order valence-corrected chi connectivity index (χ1v) is 11.3. The molecule has 2 heterocycles. The molecule has 0 N–H and O–H groups in total. The highest BCUT2D eigenvalue weighted by atomic mass is 35.5. The third-order valence-corrected chi connectivity index (χ3v) is 7.12. The maximum Gasteiger partial charge on any atom is 0.268 e. The Morgan fingerprint density at radius 1 is 1.24 bits per heavy atom. The van der Waals surface area contributed by atoms with Crippen LogP contribution in [-0.4, -0.2) is 29.0 Å². The molecule has 1 saturated heterocycles. The lowest BCUT2D eigenvalue weighted by Crippen LogP contribution is -2.50. The van der Waals surface area contributed by atoms with Gasteiger partial charge >= 0.3 is 0 Å². The Labute approximate surface area is 181 Å². The van der Waals surface area contributed by atoms with Gasteiger partial charge in [0.25, 0.3) is 5.91 Å². The minimum atomic E-state index is -1.00. The number of fused-ring (bicyclic) bond motifs is 2. The Morgan fingerprint density at radius 2 is 2.03 bits per heavy atom. The second-order valence-corrected chi connectivity index (χ2v) is 9.90. The molecule has 4 rings (SSSR count). The standard InChI is InChI=1S/C23H25ClN2O2S/c1-15(2)11-21(27)26-9-10-29-23(26)19-13-18(24)7-8-20(19)25(22(23)28)14-17-6-4-5-16(3)12-17/h4-8,12-13,15H,9-11,14H2,1-3H3. The lowest BCUT2D eigenvalue weighted by atomic mass is 10.0. The number of benzene rings is 2. The van der Waals surface area contributed by atoms with Crippen LogP contribution in [0.15, 0.2) is 42.5 Å². The molecular formula is C23H25ClN2O2S. The summed E-state index contributed by atoms with van der Waals surface area (Å²) in [5.41, 5.74) is 3.91. The van der Waals surface area contributed by atoms with Crippen LogP contribution in [0.3, 0.4) is 0 Å². The summed E-state index contributed by atoms with van der Waals surface area (Å²) >= 11 is 7.88. The molecule has 1 unspecified atom stereocenters. The maximum absolute atomic E-state index is 13.9. The molecule has 152 valence electrons. The number of anilines is 1. The molecule has 0 aromatic heterocycles. The molecule has 1 atom stereocenters. The van der Waals surface area contributed by atoms with Gasteiger partial charge in [0.05, 0.1) is 12.2 Å². The van der Waals surface area contributed by atoms with E-state index in [9.17, 15) is 9.59 Å². The van der Waals surface area contributed by atoms with Crippen LogP contribution < -0.4 is 4.90 Å². The van der Waals surface area contributed by atoms with Gasteiger partial charge in [0, 0.05) is 29.3 Å². The number of aryl methyl sites for hydroxylation is 1. The van der Waals surface area contributed by atoms with Crippen LogP contribution in [0.5, 0.6) is 0 Å². The molecule has 29 heavy (non-hydrogen) atoms. The Kier molecular flexibility index (Phi) is 5.38. The zero-order valence-corrected chi connectivity index (χ0v) is 18.5. The Balaban J connectivity index is 1.78. The van der Waals surface area contributed by atoms with E-state index < -0.39 is 4.87 Å². The molecule has 1 spiro atoms. The van der Waals surface area contributed by atoms with E-state index in [1.165, 1.54) is 0 Å². The number of nitrogens with zero attached hydrogens (tertiary/aromatic N) is 2. The average Bonchev–Trinajstić information content (AvgIpc) is 3.19. The predicted octanol–water partition coefficient (Wildman–Crippen LogP) is 4.97. The molecule has 2 aliphatic rings. The van der Waals surface area contributed by atoms with Gasteiger partial charge in [-0.3, -0.25) is 9.59 Å². The average molecular weight is 429 g/mol. The Hall–Kier alpha value is -1.98. The smallest absolute Gasteiger partial charge is 0.268 e. The van der Waals surface area contributed by atoms with Gasteiger partial charge < -0.3 is 9.80 Å². The summed E-state index contributed by atoms with van der Waals surface area (Å²) in [7, 11) is 0. The van der Waals surface area contributed by atoms with Crippen molar-refractivity contribution in [3.05, 3.63) is 64.2 Å². The summed E-state index contributed by atoms with van der Waals surface area (Å²) < 4.78 is 0.